The minimum atomic E-state index is -0.328. The molecule has 0 amide bonds. The summed E-state index contributed by atoms with van der Waals surface area (Å²) >= 11 is 17.4. The zero-order valence-electron chi connectivity index (χ0n) is 7.31. The lowest BCUT2D eigenvalue weighted by molar-refractivity contribution is 0.718. The summed E-state index contributed by atoms with van der Waals surface area (Å²) in [6.45, 7) is 2.07. The maximum Gasteiger partial charge on any atom is 0.108 e. The summed E-state index contributed by atoms with van der Waals surface area (Å²) in [7, 11) is 0. The Hall–Kier alpha value is 0.0900. The van der Waals surface area contributed by atoms with E-state index in [0.717, 1.165) is 17.0 Å². The van der Waals surface area contributed by atoms with Crippen molar-refractivity contribution in [3.63, 3.8) is 0 Å². The van der Waals surface area contributed by atoms with Gasteiger partial charge in [0.1, 0.15) is 4.84 Å². The highest BCUT2D eigenvalue weighted by molar-refractivity contribution is 6.44. The standard InChI is InChI=1S/C10H11Cl3/c1-7(6-10(12)13)8-4-2-3-5-9(8)11/h2-5,7,10H,6H2,1H3. The molecule has 0 heterocycles. The van der Waals surface area contributed by atoms with Gasteiger partial charge in [0.2, 0.25) is 0 Å². The first kappa shape index (κ1) is 11.2. The van der Waals surface area contributed by atoms with Gasteiger partial charge in [-0.15, -0.1) is 23.2 Å². The van der Waals surface area contributed by atoms with Crippen molar-refractivity contribution in [1.82, 2.24) is 0 Å². The first-order chi connectivity index (χ1) is 6.11. The average molecular weight is 238 g/mol. The van der Waals surface area contributed by atoms with E-state index in [9.17, 15) is 0 Å². The Kier molecular flexibility index (Phi) is 4.37. The molecule has 0 fully saturated rings. The fourth-order valence-corrected chi connectivity index (χ4v) is 2.13. The van der Waals surface area contributed by atoms with E-state index in [4.69, 9.17) is 34.8 Å². The Morgan fingerprint density at radius 2 is 1.85 bits per heavy atom. The van der Waals surface area contributed by atoms with Crippen LogP contribution in [0.5, 0.6) is 0 Å². The molecule has 13 heavy (non-hydrogen) atoms. The monoisotopic (exact) mass is 236 g/mol. The molecule has 0 nitrogen and oxygen atoms in total. The zero-order chi connectivity index (χ0) is 9.84. The number of halogens is 3. The van der Waals surface area contributed by atoms with Crippen molar-refractivity contribution in [2.45, 2.75) is 24.1 Å². The van der Waals surface area contributed by atoms with Gasteiger partial charge >= 0.3 is 0 Å². The number of benzene rings is 1. The van der Waals surface area contributed by atoms with E-state index in [1.54, 1.807) is 0 Å². The second-order valence-corrected chi connectivity index (χ2v) is 4.73. The van der Waals surface area contributed by atoms with Crippen LogP contribution in [0.25, 0.3) is 0 Å². The maximum absolute atomic E-state index is 6.02. The summed E-state index contributed by atoms with van der Waals surface area (Å²) in [5, 5.41) is 0.781. The average Bonchev–Trinajstić information content (AvgIpc) is 2.03. The van der Waals surface area contributed by atoms with Gasteiger partial charge < -0.3 is 0 Å². The molecule has 72 valence electrons. The van der Waals surface area contributed by atoms with Crippen molar-refractivity contribution in [2.24, 2.45) is 0 Å². The molecule has 1 atom stereocenters. The van der Waals surface area contributed by atoms with E-state index in [2.05, 4.69) is 6.92 Å². The topological polar surface area (TPSA) is 0 Å². The van der Waals surface area contributed by atoms with Gasteiger partial charge in [0.15, 0.2) is 0 Å². The zero-order valence-corrected chi connectivity index (χ0v) is 9.57. The van der Waals surface area contributed by atoms with E-state index in [-0.39, 0.29) is 4.84 Å². The molecule has 0 bridgehead atoms. The van der Waals surface area contributed by atoms with Gasteiger partial charge in [-0.3, -0.25) is 0 Å². The molecular weight excluding hydrogens is 226 g/mol. The molecule has 0 aliphatic rings. The number of hydrogen-bond acceptors (Lipinski definition) is 0. The van der Waals surface area contributed by atoms with E-state index >= 15 is 0 Å². The van der Waals surface area contributed by atoms with Crippen LogP contribution in [0.4, 0.5) is 0 Å². The fourth-order valence-electron chi connectivity index (χ4n) is 1.27. The molecule has 0 radical (unpaired) electrons. The molecule has 0 spiro atoms. The molecule has 0 saturated heterocycles. The van der Waals surface area contributed by atoms with Crippen LogP contribution >= 0.6 is 34.8 Å². The van der Waals surface area contributed by atoms with Gasteiger partial charge in [0, 0.05) is 5.02 Å². The molecule has 0 saturated carbocycles. The third-order valence-corrected chi connectivity index (χ3v) is 2.67. The molecule has 1 aromatic rings. The van der Waals surface area contributed by atoms with Crippen molar-refractivity contribution < 1.29 is 0 Å². The van der Waals surface area contributed by atoms with Crippen LogP contribution < -0.4 is 0 Å². The second-order valence-electron chi connectivity index (χ2n) is 3.05. The quantitative estimate of drug-likeness (QED) is 0.672. The molecule has 0 aliphatic heterocycles. The van der Waals surface area contributed by atoms with Crippen molar-refractivity contribution in [2.75, 3.05) is 0 Å². The fraction of sp³-hybridized carbons (Fsp3) is 0.400. The lowest BCUT2D eigenvalue weighted by Crippen LogP contribution is -1.99. The largest absolute Gasteiger partial charge is 0.108 e. The van der Waals surface area contributed by atoms with Gasteiger partial charge in [0.05, 0.1) is 0 Å². The predicted molar refractivity (Wildman–Crippen MR) is 60.0 cm³/mol. The number of alkyl halides is 2. The summed E-state index contributed by atoms with van der Waals surface area (Å²) in [5.74, 6) is 0.300. The highest BCUT2D eigenvalue weighted by Crippen LogP contribution is 2.29. The SMILES string of the molecule is CC(CC(Cl)Cl)c1ccccc1Cl. The van der Waals surface area contributed by atoms with Crippen LogP contribution in [-0.2, 0) is 0 Å². The Bertz CT molecular complexity index is 271. The van der Waals surface area contributed by atoms with E-state index in [0.29, 0.717) is 5.92 Å². The van der Waals surface area contributed by atoms with E-state index in [1.807, 2.05) is 24.3 Å². The summed E-state index contributed by atoms with van der Waals surface area (Å²) in [5.41, 5.74) is 1.11. The third-order valence-electron chi connectivity index (χ3n) is 1.97. The highest BCUT2D eigenvalue weighted by atomic mass is 35.5. The van der Waals surface area contributed by atoms with Crippen LogP contribution in [0, 0.1) is 0 Å². The Morgan fingerprint density at radius 1 is 1.23 bits per heavy atom. The molecule has 1 unspecified atom stereocenters. The molecule has 1 aromatic carbocycles. The predicted octanol–water partition coefficient (Wildman–Crippen LogP) is 4.64. The number of hydrogen-bond donors (Lipinski definition) is 0. The van der Waals surface area contributed by atoms with Gasteiger partial charge in [-0.05, 0) is 24.0 Å². The molecule has 0 aromatic heterocycles. The van der Waals surface area contributed by atoms with Crippen LogP contribution in [0.2, 0.25) is 5.02 Å². The lowest BCUT2D eigenvalue weighted by Gasteiger charge is -2.13. The molecular formula is C10H11Cl3. The van der Waals surface area contributed by atoms with Crippen molar-refractivity contribution >= 4 is 34.8 Å². The number of rotatable bonds is 3. The summed E-state index contributed by atoms with van der Waals surface area (Å²) in [6, 6.07) is 7.76. The molecule has 0 aliphatic carbocycles. The normalized spacial score (nSPS) is 13.3. The third kappa shape index (κ3) is 3.38. The minimum Gasteiger partial charge on any atom is -0.105 e. The minimum absolute atomic E-state index is 0.300. The first-order valence-corrected chi connectivity index (χ1v) is 5.39. The molecule has 0 N–H and O–H groups in total. The van der Waals surface area contributed by atoms with Crippen molar-refractivity contribution in [1.29, 1.82) is 0 Å². The van der Waals surface area contributed by atoms with Gasteiger partial charge in [0.25, 0.3) is 0 Å². The first-order valence-electron chi connectivity index (χ1n) is 4.14. The van der Waals surface area contributed by atoms with Crippen LogP contribution in [0.3, 0.4) is 0 Å². The van der Waals surface area contributed by atoms with Crippen LogP contribution in [0.15, 0.2) is 24.3 Å². The van der Waals surface area contributed by atoms with Crippen molar-refractivity contribution in [3.8, 4) is 0 Å². The van der Waals surface area contributed by atoms with Crippen LogP contribution in [-0.4, -0.2) is 4.84 Å². The van der Waals surface area contributed by atoms with Gasteiger partial charge in [-0.2, -0.15) is 0 Å². The maximum atomic E-state index is 6.02. The van der Waals surface area contributed by atoms with E-state index < -0.39 is 0 Å². The van der Waals surface area contributed by atoms with E-state index in [1.165, 1.54) is 0 Å². The summed E-state index contributed by atoms with van der Waals surface area (Å²) in [6.07, 6.45) is 0.729. The summed E-state index contributed by atoms with van der Waals surface area (Å²) in [4.78, 5) is -0.328. The Labute approximate surface area is 93.8 Å². The Balaban J connectivity index is 2.76. The lowest BCUT2D eigenvalue weighted by atomic mass is 9.99. The second kappa shape index (κ2) is 5.09. The van der Waals surface area contributed by atoms with Crippen molar-refractivity contribution in [3.05, 3.63) is 34.9 Å². The molecule has 3 heteroatoms. The van der Waals surface area contributed by atoms with Crippen LogP contribution in [0.1, 0.15) is 24.8 Å². The highest BCUT2D eigenvalue weighted by Gasteiger charge is 2.12. The summed E-state index contributed by atoms with van der Waals surface area (Å²) < 4.78 is 0. The van der Waals surface area contributed by atoms with Gasteiger partial charge in [-0.25, -0.2) is 0 Å². The smallest absolute Gasteiger partial charge is 0.105 e. The molecule has 1 rings (SSSR count). The Morgan fingerprint density at radius 3 is 2.38 bits per heavy atom. The van der Waals surface area contributed by atoms with Gasteiger partial charge in [-0.1, -0.05) is 36.7 Å².